The minimum Gasteiger partial charge on any atom is -0.379 e. The Morgan fingerprint density at radius 2 is 2.08 bits per heavy atom. The first-order valence-electron chi connectivity index (χ1n) is 9.29. The molecule has 3 saturated heterocycles. The molecular weight excluding hydrogens is 304 g/mol. The van der Waals surface area contributed by atoms with Gasteiger partial charge in [-0.05, 0) is 38.8 Å². The zero-order valence-electron chi connectivity index (χ0n) is 14.6. The van der Waals surface area contributed by atoms with Gasteiger partial charge in [-0.3, -0.25) is 9.69 Å². The summed E-state index contributed by atoms with van der Waals surface area (Å²) in [6.07, 6.45) is 8.13. The highest BCUT2D eigenvalue weighted by atomic mass is 16.5. The number of nitrogens with zero attached hydrogens (tertiary/aromatic N) is 4. The molecule has 0 aromatic carbocycles. The standard InChI is InChI=1S/C18H28N4O2/c1-20-10-6-19-17(20)11-21-8-4-14(5-9-21)18(23)22-7-2-3-15-12-24-13-16(15)22/h6,10,14-16H,2-5,7-9,11-13H2,1H3/t15-,16+/m0/s1. The highest BCUT2D eigenvalue weighted by molar-refractivity contribution is 5.79. The van der Waals surface area contributed by atoms with E-state index in [-0.39, 0.29) is 5.92 Å². The van der Waals surface area contributed by atoms with Gasteiger partial charge in [-0.25, -0.2) is 4.98 Å². The van der Waals surface area contributed by atoms with Crippen LogP contribution >= 0.6 is 0 Å². The molecule has 3 fully saturated rings. The fraction of sp³-hybridized carbons (Fsp3) is 0.778. The first kappa shape index (κ1) is 16.1. The van der Waals surface area contributed by atoms with Gasteiger partial charge >= 0.3 is 0 Å². The van der Waals surface area contributed by atoms with E-state index in [1.165, 1.54) is 6.42 Å². The van der Waals surface area contributed by atoms with Crippen LogP contribution in [0.3, 0.4) is 0 Å². The fourth-order valence-electron chi connectivity index (χ4n) is 4.49. The summed E-state index contributed by atoms with van der Waals surface area (Å²) in [4.78, 5) is 22.0. The van der Waals surface area contributed by atoms with Crippen molar-refractivity contribution in [1.29, 1.82) is 0 Å². The topological polar surface area (TPSA) is 50.6 Å². The Kier molecular flexibility index (Phi) is 4.59. The van der Waals surface area contributed by atoms with Crippen molar-refractivity contribution in [3.05, 3.63) is 18.2 Å². The second-order valence-corrected chi connectivity index (χ2v) is 7.54. The van der Waals surface area contributed by atoms with Crippen molar-refractivity contribution < 1.29 is 9.53 Å². The summed E-state index contributed by atoms with van der Waals surface area (Å²) in [6, 6.07) is 0.344. The van der Waals surface area contributed by atoms with Crippen molar-refractivity contribution in [2.45, 2.75) is 38.3 Å². The minimum atomic E-state index is 0.196. The number of imidazole rings is 1. The van der Waals surface area contributed by atoms with Crippen molar-refractivity contribution in [3.8, 4) is 0 Å². The Labute approximate surface area is 143 Å². The van der Waals surface area contributed by atoms with Crippen LogP contribution in [-0.4, -0.2) is 64.1 Å². The first-order valence-corrected chi connectivity index (χ1v) is 9.29. The molecule has 0 spiro atoms. The molecule has 24 heavy (non-hydrogen) atoms. The maximum atomic E-state index is 13.0. The molecule has 4 heterocycles. The van der Waals surface area contributed by atoms with Gasteiger partial charge in [0.1, 0.15) is 5.82 Å². The number of likely N-dealkylation sites (tertiary alicyclic amines) is 2. The summed E-state index contributed by atoms with van der Waals surface area (Å²) in [7, 11) is 2.04. The van der Waals surface area contributed by atoms with E-state index < -0.39 is 0 Å². The molecule has 6 heteroatoms. The number of hydrogen-bond acceptors (Lipinski definition) is 4. The zero-order valence-corrected chi connectivity index (χ0v) is 14.6. The highest BCUT2D eigenvalue weighted by Gasteiger charge is 2.40. The van der Waals surface area contributed by atoms with E-state index in [9.17, 15) is 4.79 Å². The lowest BCUT2D eigenvalue weighted by molar-refractivity contribution is -0.141. The average Bonchev–Trinajstić information content (AvgIpc) is 3.24. The molecule has 0 radical (unpaired) electrons. The number of rotatable bonds is 3. The monoisotopic (exact) mass is 332 g/mol. The van der Waals surface area contributed by atoms with Crippen LogP contribution < -0.4 is 0 Å². The maximum Gasteiger partial charge on any atom is 0.226 e. The number of aromatic nitrogens is 2. The molecule has 6 nitrogen and oxygen atoms in total. The normalized spacial score (nSPS) is 29.0. The van der Waals surface area contributed by atoms with E-state index in [0.29, 0.717) is 17.9 Å². The second-order valence-electron chi connectivity index (χ2n) is 7.54. The molecule has 4 rings (SSSR count). The van der Waals surface area contributed by atoms with Crippen LogP contribution in [0.2, 0.25) is 0 Å². The Balaban J connectivity index is 1.32. The predicted molar refractivity (Wildman–Crippen MR) is 90.3 cm³/mol. The highest BCUT2D eigenvalue weighted by Crippen LogP contribution is 2.31. The lowest BCUT2D eigenvalue weighted by Gasteiger charge is -2.40. The number of hydrogen-bond donors (Lipinski definition) is 0. The predicted octanol–water partition coefficient (Wildman–Crippen LogP) is 1.27. The summed E-state index contributed by atoms with van der Waals surface area (Å²) in [5.74, 6) is 2.25. The van der Waals surface area contributed by atoms with E-state index in [1.807, 2.05) is 19.4 Å². The number of carbonyl (C=O) groups excluding carboxylic acids is 1. The molecule has 1 aromatic rings. The fourth-order valence-corrected chi connectivity index (χ4v) is 4.49. The number of piperidine rings is 2. The number of carbonyl (C=O) groups is 1. The molecular formula is C18H28N4O2. The van der Waals surface area contributed by atoms with Gasteiger partial charge in [-0.2, -0.15) is 0 Å². The Bertz CT molecular complexity index is 579. The van der Waals surface area contributed by atoms with Crippen LogP contribution in [0.15, 0.2) is 12.4 Å². The van der Waals surface area contributed by atoms with Gasteiger partial charge in [-0.15, -0.1) is 0 Å². The molecule has 2 atom stereocenters. The third kappa shape index (κ3) is 3.09. The molecule has 0 aliphatic carbocycles. The Morgan fingerprint density at radius 3 is 2.83 bits per heavy atom. The lowest BCUT2D eigenvalue weighted by atomic mass is 9.88. The molecule has 0 bridgehead atoms. The quantitative estimate of drug-likeness (QED) is 0.836. The first-order chi connectivity index (χ1) is 11.7. The zero-order chi connectivity index (χ0) is 16.5. The second kappa shape index (κ2) is 6.84. The summed E-state index contributed by atoms with van der Waals surface area (Å²) >= 11 is 0. The van der Waals surface area contributed by atoms with Gasteiger partial charge in [-0.1, -0.05) is 0 Å². The number of ether oxygens (including phenoxy) is 1. The number of amides is 1. The molecule has 3 aliphatic heterocycles. The van der Waals surface area contributed by atoms with Crippen LogP contribution in [0.4, 0.5) is 0 Å². The van der Waals surface area contributed by atoms with Gasteiger partial charge < -0.3 is 14.2 Å². The summed E-state index contributed by atoms with van der Waals surface area (Å²) < 4.78 is 7.71. The van der Waals surface area contributed by atoms with Crippen molar-refractivity contribution in [2.75, 3.05) is 32.8 Å². The SMILES string of the molecule is Cn1ccnc1CN1CCC(C(=O)N2CCC[C@H]3COC[C@H]32)CC1. The van der Waals surface area contributed by atoms with Crippen LogP contribution in [-0.2, 0) is 23.1 Å². The van der Waals surface area contributed by atoms with E-state index in [0.717, 1.165) is 64.5 Å². The Hall–Kier alpha value is -1.40. The van der Waals surface area contributed by atoms with Gasteiger partial charge in [0.25, 0.3) is 0 Å². The molecule has 0 saturated carbocycles. The van der Waals surface area contributed by atoms with Gasteiger partial charge in [0.15, 0.2) is 0 Å². The molecule has 0 unspecified atom stereocenters. The summed E-state index contributed by atoms with van der Waals surface area (Å²) in [5.41, 5.74) is 0. The van der Waals surface area contributed by atoms with Crippen LogP contribution in [0.1, 0.15) is 31.5 Å². The Morgan fingerprint density at radius 1 is 1.25 bits per heavy atom. The third-order valence-electron chi connectivity index (χ3n) is 6.04. The van der Waals surface area contributed by atoms with Crippen molar-refractivity contribution in [1.82, 2.24) is 19.4 Å². The molecule has 3 aliphatic rings. The van der Waals surface area contributed by atoms with E-state index >= 15 is 0 Å². The lowest BCUT2D eigenvalue weighted by Crippen LogP contribution is -2.51. The molecule has 0 N–H and O–H groups in total. The number of aryl methyl sites for hydroxylation is 1. The van der Waals surface area contributed by atoms with Crippen LogP contribution in [0.25, 0.3) is 0 Å². The van der Waals surface area contributed by atoms with Crippen molar-refractivity contribution in [3.63, 3.8) is 0 Å². The van der Waals surface area contributed by atoms with E-state index in [2.05, 4.69) is 19.4 Å². The smallest absolute Gasteiger partial charge is 0.226 e. The summed E-state index contributed by atoms with van der Waals surface area (Å²) in [6.45, 7) is 5.37. The average molecular weight is 332 g/mol. The van der Waals surface area contributed by atoms with Gasteiger partial charge in [0.05, 0.1) is 25.8 Å². The maximum absolute atomic E-state index is 13.0. The summed E-state index contributed by atoms with van der Waals surface area (Å²) in [5, 5.41) is 0. The van der Waals surface area contributed by atoms with Crippen molar-refractivity contribution in [2.24, 2.45) is 18.9 Å². The van der Waals surface area contributed by atoms with Crippen LogP contribution in [0.5, 0.6) is 0 Å². The molecule has 132 valence electrons. The van der Waals surface area contributed by atoms with E-state index in [4.69, 9.17) is 4.74 Å². The number of fused-ring (bicyclic) bond motifs is 1. The van der Waals surface area contributed by atoms with E-state index in [1.54, 1.807) is 0 Å². The van der Waals surface area contributed by atoms with Crippen LogP contribution in [0, 0.1) is 11.8 Å². The third-order valence-corrected chi connectivity index (χ3v) is 6.04. The largest absolute Gasteiger partial charge is 0.379 e. The molecule has 1 aromatic heterocycles. The minimum absolute atomic E-state index is 0.196. The van der Waals surface area contributed by atoms with Gasteiger partial charge in [0, 0.05) is 37.8 Å². The van der Waals surface area contributed by atoms with Crippen molar-refractivity contribution >= 4 is 5.91 Å². The molecule has 1 amide bonds. The van der Waals surface area contributed by atoms with Gasteiger partial charge in [0.2, 0.25) is 5.91 Å².